The number of nitrogens with two attached hydrogens (primary N) is 1. The Morgan fingerprint density at radius 1 is 1.32 bits per heavy atom. The molecule has 96 valence electrons. The molecule has 3 rings (SSSR count). The van der Waals surface area contributed by atoms with Gasteiger partial charge in [0.05, 0.1) is 5.69 Å². The van der Waals surface area contributed by atoms with E-state index in [2.05, 4.69) is 10.1 Å². The third-order valence-corrected chi connectivity index (χ3v) is 3.24. The van der Waals surface area contributed by atoms with Gasteiger partial charge in [-0.25, -0.2) is 9.50 Å². The molecule has 0 aliphatic carbocycles. The second kappa shape index (κ2) is 4.64. The van der Waals surface area contributed by atoms with Crippen molar-refractivity contribution in [1.29, 1.82) is 0 Å². The van der Waals surface area contributed by atoms with E-state index in [1.165, 1.54) is 0 Å². The van der Waals surface area contributed by atoms with E-state index in [1.54, 1.807) is 10.7 Å². The first-order valence-corrected chi connectivity index (χ1v) is 6.39. The van der Waals surface area contributed by atoms with Crippen LogP contribution in [0.2, 0.25) is 5.02 Å². The number of benzene rings is 1. The molecule has 0 aliphatic rings. The molecular formula is C14H13ClN4. The van der Waals surface area contributed by atoms with Crippen molar-refractivity contribution < 1.29 is 0 Å². The Bertz CT molecular complexity index is 733. The minimum absolute atomic E-state index is 0.122. The molecule has 1 aromatic carbocycles. The Morgan fingerprint density at radius 2 is 2.16 bits per heavy atom. The average Bonchev–Trinajstić information content (AvgIpc) is 2.84. The van der Waals surface area contributed by atoms with Gasteiger partial charge in [0.25, 0.3) is 0 Å². The van der Waals surface area contributed by atoms with E-state index in [0.717, 1.165) is 22.5 Å². The third kappa shape index (κ3) is 2.20. The van der Waals surface area contributed by atoms with Gasteiger partial charge in [-0.1, -0.05) is 23.7 Å². The van der Waals surface area contributed by atoms with Crippen LogP contribution in [0.4, 0.5) is 0 Å². The molecule has 0 bridgehead atoms. The Kier molecular flexibility index (Phi) is 2.97. The highest BCUT2D eigenvalue weighted by molar-refractivity contribution is 6.30. The fourth-order valence-corrected chi connectivity index (χ4v) is 2.27. The largest absolute Gasteiger partial charge is 0.324 e. The molecule has 0 fully saturated rings. The summed E-state index contributed by atoms with van der Waals surface area (Å²) >= 11 is 6.05. The van der Waals surface area contributed by atoms with Crippen LogP contribution < -0.4 is 5.73 Å². The summed E-state index contributed by atoms with van der Waals surface area (Å²) in [4.78, 5) is 4.23. The van der Waals surface area contributed by atoms with Gasteiger partial charge in [0.1, 0.15) is 0 Å². The topological polar surface area (TPSA) is 56.2 Å². The van der Waals surface area contributed by atoms with Gasteiger partial charge in [-0.3, -0.25) is 0 Å². The minimum Gasteiger partial charge on any atom is -0.324 e. The maximum Gasteiger partial charge on any atom is 0.153 e. The summed E-state index contributed by atoms with van der Waals surface area (Å²) in [6.45, 7) is 1.94. The molecule has 19 heavy (non-hydrogen) atoms. The first-order valence-electron chi connectivity index (χ1n) is 6.01. The molecule has 4 nitrogen and oxygen atoms in total. The lowest BCUT2D eigenvalue weighted by molar-refractivity contribution is 0.798. The van der Waals surface area contributed by atoms with Crippen molar-refractivity contribution in [2.24, 2.45) is 5.73 Å². The maximum absolute atomic E-state index is 6.05. The summed E-state index contributed by atoms with van der Waals surface area (Å²) in [5.74, 6) is 0. The van der Waals surface area contributed by atoms with Crippen LogP contribution in [0.3, 0.4) is 0 Å². The molecule has 0 amide bonds. The van der Waals surface area contributed by atoms with Crippen LogP contribution >= 0.6 is 11.6 Å². The van der Waals surface area contributed by atoms with E-state index in [4.69, 9.17) is 17.3 Å². The van der Waals surface area contributed by atoms with Crippen molar-refractivity contribution >= 4 is 17.2 Å². The van der Waals surface area contributed by atoms with Crippen LogP contribution in [-0.2, 0) is 0 Å². The van der Waals surface area contributed by atoms with Crippen LogP contribution in [0, 0.1) is 0 Å². The van der Waals surface area contributed by atoms with Crippen molar-refractivity contribution in [2.75, 3.05) is 0 Å². The van der Waals surface area contributed by atoms with Crippen molar-refractivity contribution in [3.8, 4) is 11.3 Å². The lowest BCUT2D eigenvalue weighted by Crippen LogP contribution is -2.10. The predicted molar refractivity (Wildman–Crippen MR) is 76.0 cm³/mol. The van der Waals surface area contributed by atoms with Crippen molar-refractivity contribution in [1.82, 2.24) is 14.6 Å². The molecular weight excluding hydrogens is 260 g/mol. The number of hydrogen-bond acceptors (Lipinski definition) is 3. The fraction of sp³-hybridized carbons (Fsp3) is 0.143. The zero-order chi connectivity index (χ0) is 13.4. The second-order valence-electron chi connectivity index (χ2n) is 4.48. The number of fused-ring (bicyclic) bond motifs is 1. The lowest BCUT2D eigenvalue weighted by atomic mass is 10.0. The average molecular weight is 273 g/mol. The zero-order valence-corrected chi connectivity index (χ0v) is 11.2. The van der Waals surface area contributed by atoms with Crippen LogP contribution in [-0.4, -0.2) is 14.6 Å². The van der Waals surface area contributed by atoms with Gasteiger partial charge < -0.3 is 5.73 Å². The number of nitrogens with zero attached hydrogens (tertiary/aromatic N) is 3. The molecule has 0 unspecified atom stereocenters. The number of rotatable bonds is 2. The number of halogens is 1. The zero-order valence-electron chi connectivity index (χ0n) is 10.4. The molecule has 2 N–H and O–H groups in total. The third-order valence-electron chi connectivity index (χ3n) is 3.00. The van der Waals surface area contributed by atoms with Gasteiger partial charge in [0, 0.05) is 34.6 Å². The first kappa shape index (κ1) is 12.1. The second-order valence-corrected chi connectivity index (χ2v) is 4.91. The van der Waals surface area contributed by atoms with E-state index < -0.39 is 0 Å². The Hall–Kier alpha value is -1.91. The normalized spacial score (nSPS) is 12.8. The predicted octanol–water partition coefficient (Wildman–Crippen LogP) is 3.07. The maximum atomic E-state index is 6.05. The molecule has 2 heterocycles. The van der Waals surface area contributed by atoms with Crippen molar-refractivity contribution in [3.63, 3.8) is 0 Å². The Labute approximate surface area is 115 Å². The number of hydrogen-bond donors (Lipinski definition) is 1. The SMILES string of the molecule is C[C@H](N)c1cc2nccn2nc1-c1cccc(Cl)c1. The van der Waals surface area contributed by atoms with Gasteiger partial charge in [-0.2, -0.15) is 5.10 Å². The van der Waals surface area contributed by atoms with Gasteiger partial charge in [0.2, 0.25) is 0 Å². The summed E-state index contributed by atoms with van der Waals surface area (Å²) in [5.41, 5.74) is 9.58. The number of aromatic nitrogens is 3. The van der Waals surface area contributed by atoms with Gasteiger partial charge >= 0.3 is 0 Å². The fourth-order valence-electron chi connectivity index (χ4n) is 2.08. The molecule has 0 aliphatic heterocycles. The van der Waals surface area contributed by atoms with Crippen LogP contribution in [0.15, 0.2) is 42.7 Å². The summed E-state index contributed by atoms with van der Waals surface area (Å²) in [6.07, 6.45) is 3.53. The molecule has 0 saturated heterocycles. The van der Waals surface area contributed by atoms with E-state index in [9.17, 15) is 0 Å². The van der Waals surface area contributed by atoms with Crippen molar-refractivity contribution in [3.05, 3.63) is 53.3 Å². The molecule has 5 heteroatoms. The Morgan fingerprint density at radius 3 is 2.89 bits per heavy atom. The van der Waals surface area contributed by atoms with Crippen molar-refractivity contribution in [2.45, 2.75) is 13.0 Å². The van der Waals surface area contributed by atoms with Crippen LogP contribution in [0.25, 0.3) is 16.9 Å². The molecule has 3 aromatic rings. The summed E-state index contributed by atoms with van der Waals surface area (Å²) < 4.78 is 1.74. The summed E-state index contributed by atoms with van der Waals surface area (Å²) in [7, 11) is 0. The molecule has 0 spiro atoms. The minimum atomic E-state index is -0.122. The highest BCUT2D eigenvalue weighted by Crippen LogP contribution is 2.27. The van der Waals surface area contributed by atoms with Crippen LogP contribution in [0.1, 0.15) is 18.5 Å². The number of imidazole rings is 1. The molecule has 0 radical (unpaired) electrons. The summed E-state index contributed by atoms with van der Waals surface area (Å²) in [6, 6.07) is 9.45. The quantitative estimate of drug-likeness (QED) is 0.780. The molecule has 2 aromatic heterocycles. The monoisotopic (exact) mass is 272 g/mol. The molecule has 0 saturated carbocycles. The standard InChI is InChI=1S/C14H13ClN4/c1-9(16)12-8-13-17-5-6-19(13)18-14(12)10-3-2-4-11(15)7-10/h2-9H,16H2,1H3/t9-/m0/s1. The van der Waals surface area contributed by atoms with Gasteiger partial charge in [0.15, 0.2) is 5.65 Å². The highest BCUT2D eigenvalue weighted by Gasteiger charge is 2.13. The first-order chi connectivity index (χ1) is 9.15. The van der Waals surface area contributed by atoms with E-state index in [1.807, 2.05) is 43.5 Å². The van der Waals surface area contributed by atoms with E-state index >= 15 is 0 Å². The smallest absolute Gasteiger partial charge is 0.153 e. The van der Waals surface area contributed by atoms with Gasteiger partial charge in [-0.05, 0) is 25.1 Å². The summed E-state index contributed by atoms with van der Waals surface area (Å²) in [5, 5.41) is 5.26. The van der Waals surface area contributed by atoms with Crippen LogP contribution in [0.5, 0.6) is 0 Å². The Balaban J connectivity index is 2.28. The van der Waals surface area contributed by atoms with E-state index in [0.29, 0.717) is 5.02 Å². The molecule has 1 atom stereocenters. The highest BCUT2D eigenvalue weighted by atomic mass is 35.5. The lowest BCUT2D eigenvalue weighted by Gasteiger charge is -2.12. The van der Waals surface area contributed by atoms with E-state index in [-0.39, 0.29) is 6.04 Å². The van der Waals surface area contributed by atoms with Gasteiger partial charge in [-0.15, -0.1) is 0 Å².